The Morgan fingerprint density at radius 3 is 1.43 bits per heavy atom. The highest BCUT2D eigenvalue weighted by Crippen LogP contribution is 2.41. The van der Waals surface area contributed by atoms with Gasteiger partial charge in [-0.15, -0.1) is 0 Å². The van der Waals surface area contributed by atoms with Crippen LogP contribution in [0.5, 0.6) is 0 Å². The molecule has 0 aliphatic heterocycles. The van der Waals surface area contributed by atoms with Crippen LogP contribution in [0.2, 0.25) is 0 Å². The summed E-state index contributed by atoms with van der Waals surface area (Å²) in [5.74, 6) is 0. The molecular formula is C54H35B11N3. The predicted molar refractivity (Wildman–Crippen MR) is 304 cm³/mol. The second-order valence-electron chi connectivity index (χ2n) is 17.5. The van der Waals surface area contributed by atoms with Crippen LogP contribution in [0.4, 0.5) is 0 Å². The number of H-pyrrole nitrogens is 1. The highest BCUT2D eigenvalue weighted by Gasteiger charge is 2.27. The maximum absolute atomic E-state index is 5.52. The van der Waals surface area contributed by atoms with Crippen molar-refractivity contribution >= 4 is 144 Å². The molecule has 0 aliphatic rings. The van der Waals surface area contributed by atoms with Crippen molar-refractivity contribution in [3.63, 3.8) is 0 Å². The van der Waals surface area contributed by atoms with Crippen molar-refractivity contribution in [1.29, 1.82) is 0 Å². The van der Waals surface area contributed by atoms with Crippen molar-refractivity contribution in [2.45, 2.75) is 0 Å². The summed E-state index contributed by atoms with van der Waals surface area (Å²) in [6, 6.07) is 75.2. The van der Waals surface area contributed by atoms with E-state index in [1.54, 1.807) is 0 Å². The lowest BCUT2D eigenvalue weighted by Crippen LogP contribution is -2.63. The molecule has 14 heteroatoms. The first-order valence-corrected chi connectivity index (χ1v) is 22.9. The Morgan fingerprint density at radius 1 is 0.368 bits per heavy atom. The molecule has 0 saturated carbocycles. The molecule has 3 heterocycles. The molecule has 3 aromatic heterocycles. The summed E-state index contributed by atoms with van der Waals surface area (Å²) in [5.41, 5.74) is 16.6. The highest BCUT2D eigenvalue weighted by molar-refractivity contribution is 8.02. The van der Waals surface area contributed by atoms with Gasteiger partial charge in [0.1, 0.15) is 0 Å². The number of para-hydroxylation sites is 3. The van der Waals surface area contributed by atoms with Gasteiger partial charge in [-0.1, -0.05) is 140 Å². The third kappa shape index (κ3) is 7.78. The maximum Gasteiger partial charge on any atom is 0.0546 e. The zero-order valence-electron chi connectivity index (χ0n) is 37.4. The molecule has 68 heavy (non-hydrogen) atoms. The third-order valence-corrected chi connectivity index (χ3v) is 13.4. The largest absolute Gasteiger partial charge is 0.354 e. The predicted octanol–water partition coefficient (Wildman–Crippen LogP) is 10.3. The van der Waals surface area contributed by atoms with Crippen LogP contribution in [0.15, 0.2) is 206 Å². The van der Waals surface area contributed by atoms with E-state index >= 15 is 0 Å². The van der Waals surface area contributed by atoms with E-state index in [0.717, 1.165) is 22.4 Å². The van der Waals surface area contributed by atoms with Gasteiger partial charge in [-0.2, -0.15) is 0 Å². The molecule has 0 atom stereocenters. The second-order valence-corrected chi connectivity index (χ2v) is 17.5. The molecule has 299 valence electrons. The van der Waals surface area contributed by atoms with Gasteiger partial charge in [-0.3, -0.25) is 0 Å². The number of hydrogen-bond donors (Lipinski definition) is 1. The van der Waals surface area contributed by atoms with Crippen molar-refractivity contribution in [2.75, 3.05) is 0 Å². The van der Waals surface area contributed by atoms with Gasteiger partial charge in [0.2, 0.25) is 0 Å². The lowest BCUT2D eigenvalue weighted by atomic mass is 8.56. The van der Waals surface area contributed by atoms with Crippen molar-refractivity contribution in [3.8, 4) is 44.8 Å². The van der Waals surface area contributed by atoms with Gasteiger partial charge >= 0.3 is 0 Å². The van der Waals surface area contributed by atoms with Gasteiger partial charge in [0.15, 0.2) is 0 Å². The van der Waals surface area contributed by atoms with Gasteiger partial charge in [-0.25, -0.2) is 0 Å². The fraction of sp³-hybridized carbons (Fsp3) is 0. The molecule has 0 unspecified atom stereocenters. The minimum Gasteiger partial charge on any atom is -0.354 e. The second kappa shape index (κ2) is 18.3. The summed E-state index contributed by atoms with van der Waals surface area (Å²) in [6.45, 7) is 0. The van der Waals surface area contributed by atoms with Crippen LogP contribution in [0.1, 0.15) is 0 Å². The average Bonchev–Trinajstić information content (AvgIpc) is 4.04. The Bertz CT molecular complexity index is 3780. The minimum atomic E-state index is -0.648. The Kier molecular flexibility index (Phi) is 11.7. The third-order valence-electron chi connectivity index (χ3n) is 13.4. The maximum atomic E-state index is 5.52. The van der Waals surface area contributed by atoms with Crippen molar-refractivity contribution in [2.24, 2.45) is 0 Å². The number of rotatable bonds is 9. The molecule has 13 radical (unpaired) electrons. The monoisotopic (exact) mass is 846 g/mol. The lowest BCUT2D eigenvalue weighted by molar-refractivity contribution is 1.18. The number of benzene rings is 9. The number of nitrogens with zero attached hydrogens (tertiary/aromatic N) is 2. The lowest BCUT2D eigenvalue weighted by Gasteiger charge is -2.25. The normalized spacial score (nSPS) is 11.3. The number of aromatic amines is 1. The van der Waals surface area contributed by atoms with Crippen molar-refractivity contribution in [3.05, 3.63) is 206 Å². The van der Waals surface area contributed by atoms with E-state index < -0.39 is 19.2 Å². The molecule has 0 fully saturated rings. The molecule has 12 aromatic rings. The van der Waals surface area contributed by atoms with Crippen LogP contribution >= 0.6 is 0 Å². The van der Waals surface area contributed by atoms with Crippen LogP contribution in [-0.4, -0.2) is 93.1 Å². The number of aromatic nitrogens is 3. The summed E-state index contributed by atoms with van der Waals surface area (Å²) in [6.07, 6.45) is -2.15. The van der Waals surface area contributed by atoms with Gasteiger partial charge in [-0.05, 0) is 94.5 Å². The summed E-state index contributed by atoms with van der Waals surface area (Å²) in [5, 5.41) is 7.43. The SMILES string of the molecule is [B][B]B([B])B(B([B])[B])B([B])[B].c1ccc(-c2cccc(-n3c4ccccc4c4cc(-c5ccc6c(c5)c5ccccc5n6-c5cc(-c6ccccc6)c6[nH]c7ccccc7c6c5)ccc43)c2)cc1. The average molecular weight is 845 g/mol. The smallest absolute Gasteiger partial charge is 0.0546 e. The standard InChI is InChI=1S/C54H35N3.B11/c1-3-14-35(15-4-1)37-18-13-19-40(30-37)56-50-24-11-8-21-43(50)46-31-38(26-28-52(46)56)39-27-29-53-47(32-39)44-22-9-12-25-51(44)57(53)41-33-45(36-16-5-2-6-17-36)54-48(34-41)42-20-7-10-23-49(42)55-54;1-7-10(6)11(8(2)3)9(4)5/h1-34,55H;. The van der Waals surface area contributed by atoms with Crippen molar-refractivity contribution < 1.29 is 0 Å². The first kappa shape index (κ1) is 43.7. The molecule has 0 spiro atoms. The summed E-state index contributed by atoms with van der Waals surface area (Å²) in [7, 11) is 33.5. The first-order valence-electron chi connectivity index (χ1n) is 22.9. The molecule has 0 aliphatic carbocycles. The molecule has 0 bridgehead atoms. The fourth-order valence-corrected chi connectivity index (χ4v) is 10.1. The van der Waals surface area contributed by atoms with E-state index in [-0.39, 0.29) is 6.39 Å². The Morgan fingerprint density at radius 2 is 0.853 bits per heavy atom. The molecule has 0 amide bonds. The van der Waals surface area contributed by atoms with Crippen LogP contribution in [0, 0.1) is 0 Å². The topological polar surface area (TPSA) is 25.6 Å². The van der Waals surface area contributed by atoms with Crippen LogP contribution in [0.3, 0.4) is 0 Å². The molecular weight excluding hydrogens is 810 g/mol. The Hall–Kier alpha value is -6.91. The molecule has 1 N–H and O–H groups in total. The van der Waals surface area contributed by atoms with Gasteiger partial charge in [0, 0.05) is 134 Å². The number of fused-ring (bicyclic) bond motifs is 9. The van der Waals surface area contributed by atoms with E-state index in [0.29, 0.717) is 0 Å². The Labute approximate surface area is 407 Å². The van der Waals surface area contributed by atoms with Crippen LogP contribution in [-0.2, 0) is 0 Å². The summed E-state index contributed by atoms with van der Waals surface area (Å²) >= 11 is 0. The number of nitrogens with one attached hydrogen (secondary N) is 1. The van der Waals surface area contributed by atoms with Crippen molar-refractivity contribution in [1.82, 2.24) is 14.1 Å². The van der Waals surface area contributed by atoms with E-state index in [9.17, 15) is 0 Å². The van der Waals surface area contributed by atoms with Crippen LogP contribution in [0.25, 0.3) is 110 Å². The first-order chi connectivity index (χ1) is 33.3. The molecule has 9 aromatic carbocycles. The van der Waals surface area contributed by atoms with Gasteiger partial charge in [0.25, 0.3) is 0 Å². The fourth-order valence-electron chi connectivity index (χ4n) is 10.1. The van der Waals surface area contributed by atoms with E-state index in [1.807, 2.05) is 0 Å². The van der Waals surface area contributed by atoms with Gasteiger partial charge in [0.05, 0.1) is 27.6 Å². The highest BCUT2D eigenvalue weighted by atomic mass is 15.0. The summed E-state index contributed by atoms with van der Waals surface area (Å²) < 4.78 is 4.86. The van der Waals surface area contributed by atoms with Crippen LogP contribution < -0.4 is 0 Å². The minimum absolute atomic E-state index is 0.389. The molecule has 0 saturated heterocycles. The summed E-state index contributed by atoms with van der Waals surface area (Å²) in [4.78, 5) is 3.75. The zero-order chi connectivity index (χ0) is 46.5. The molecule has 12 rings (SSSR count). The van der Waals surface area contributed by atoms with E-state index in [4.69, 9.17) is 46.4 Å². The zero-order valence-corrected chi connectivity index (χ0v) is 37.4. The van der Waals surface area contributed by atoms with Gasteiger partial charge < -0.3 is 14.1 Å². The van der Waals surface area contributed by atoms with E-state index in [1.165, 1.54) is 94.8 Å². The van der Waals surface area contributed by atoms with E-state index in [2.05, 4.69) is 220 Å². The Balaban J connectivity index is 0.000000413. The quantitative estimate of drug-likeness (QED) is 0.140. The molecule has 3 nitrogen and oxygen atoms in total. The number of hydrogen-bond acceptors (Lipinski definition) is 0.